The first-order valence-electron chi connectivity index (χ1n) is 5.93. The lowest BCUT2D eigenvalue weighted by Gasteiger charge is -2.10. The van der Waals surface area contributed by atoms with Gasteiger partial charge in [0.2, 0.25) is 0 Å². The number of hydrogen-bond acceptors (Lipinski definition) is 5. The fourth-order valence-electron chi connectivity index (χ4n) is 1.64. The zero-order chi connectivity index (χ0) is 13.5. The number of nitrogens with two attached hydrogens (primary N) is 1. The molecule has 0 saturated carbocycles. The normalized spacial score (nSPS) is 20.7. The van der Waals surface area contributed by atoms with Crippen molar-refractivity contribution in [1.82, 2.24) is 5.32 Å². The Labute approximate surface area is 105 Å². The number of ketones is 1. The van der Waals surface area contributed by atoms with Gasteiger partial charge < -0.3 is 20.9 Å². The van der Waals surface area contributed by atoms with E-state index in [2.05, 4.69) is 5.32 Å². The monoisotopic (exact) mass is 258 g/mol. The number of carbonyl (C=O) groups excluding carboxylic acids is 2. The molecule has 0 aliphatic carbocycles. The van der Waals surface area contributed by atoms with Gasteiger partial charge in [-0.25, -0.2) is 0 Å². The number of amides is 1. The van der Waals surface area contributed by atoms with E-state index in [1.807, 2.05) is 0 Å². The fourth-order valence-corrected chi connectivity index (χ4v) is 1.64. The van der Waals surface area contributed by atoms with Gasteiger partial charge in [-0.3, -0.25) is 14.4 Å². The molecule has 2 atom stereocenters. The molecule has 0 aromatic heterocycles. The summed E-state index contributed by atoms with van der Waals surface area (Å²) in [7, 11) is 0. The number of rotatable bonds is 7. The van der Waals surface area contributed by atoms with Crippen LogP contribution in [0.2, 0.25) is 0 Å². The topological polar surface area (TPSA) is 119 Å². The molecule has 1 rings (SSSR count). The predicted octanol–water partition coefficient (Wildman–Crippen LogP) is -0.957. The fraction of sp³-hybridized carbons (Fsp3) is 0.727. The van der Waals surface area contributed by atoms with Crippen LogP contribution in [0.4, 0.5) is 0 Å². The number of carboxylic acids is 1. The Balaban J connectivity index is 2.09. The molecule has 1 aliphatic rings. The Morgan fingerprint density at radius 2 is 2.22 bits per heavy atom. The van der Waals surface area contributed by atoms with E-state index < -0.39 is 24.0 Å². The molecule has 0 bridgehead atoms. The molecule has 0 unspecified atom stereocenters. The van der Waals surface area contributed by atoms with Crippen molar-refractivity contribution in [2.24, 2.45) is 5.73 Å². The molecule has 102 valence electrons. The van der Waals surface area contributed by atoms with Crippen molar-refractivity contribution >= 4 is 17.7 Å². The molecular formula is C11H18N2O5. The van der Waals surface area contributed by atoms with Crippen molar-refractivity contribution < 1.29 is 24.2 Å². The van der Waals surface area contributed by atoms with Crippen LogP contribution in [0.3, 0.4) is 0 Å². The van der Waals surface area contributed by atoms with Gasteiger partial charge in [-0.2, -0.15) is 0 Å². The Hall–Kier alpha value is -1.47. The van der Waals surface area contributed by atoms with Crippen molar-refractivity contribution in [3.63, 3.8) is 0 Å². The van der Waals surface area contributed by atoms with Crippen LogP contribution in [0.15, 0.2) is 0 Å². The van der Waals surface area contributed by atoms with Gasteiger partial charge in [0.05, 0.1) is 6.61 Å². The highest BCUT2D eigenvalue weighted by molar-refractivity contribution is 6.05. The number of aliphatic carboxylic acids is 1. The molecule has 1 saturated heterocycles. The second kappa shape index (κ2) is 7.07. The largest absolute Gasteiger partial charge is 0.480 e. The van der Waals surface area contributed by atoms with Crippen LogP contribution in [0.5, 0.6) is 0 Å². The number of unbranched alkanes of at least 4 members (excludes halogenated alkanes) is 1. The van der Waals surface area contributed by atoms with E-state index in [-0.39, 0.29) is 12.2 Å². The summed E-state index contributed by atoms with van der Waals surface area (Å²) < 4.78 is 4.99. The van der Waals surface area contributed by atoms with E-state index in [0.29, 0.717) is 32.4 Å². The standard InChI is InChI=1S/C11H18N2O5/c12-7(11(16)17)3-1-2-5-13-10(15)9-8(14)4-6-18-9/h7,9H,1-6,12H2,(H,13,15)(H,16,17)/t7-,9-/m0/s1. The molecule has 1 fully saturated rings. The number of carboxylic acid groups (broad SMARTS) is 1. The van der Waals surface area contributed by atoms with E-state index in [9.17, 15) is 14.4 Å². The third kappa shape index (κ3) is 4.42. The molecule has 18 heavy (non-hydrogen) atoms. The first-order chi connectivity index (χ1) is 8.52. The average molecular weight is 258 g/mol. The van der Waals surface area contributed by atoms with Crippen molar-refractivity contribution in [2.45, 2.75) is 37.8 Å². The lowest BCUT2D eigenvalue weighted by atomic mass is 10.1. The van der Waals surface area contributed by atoms with E-state index >= 15 is 0 Å². The summed E-state index contributed by atoms with van der Waals surface area (Å²) in [4.78, 5) is 33.1. The van der Waals surface area contributed by atoms with Crippen LogP contribution in [0.1, 0.15) is 25.7 Å². The van der Waals surface area contributed by atoms with Gasteiger partial charge in [-0.1, -0.05) is 0 Å². The average Bonchev–Trinajstić information content (AvgIpc) is 2.74. The Bertz CT molecular complexity index is 331. The summed E-state index contributed by atoms with van der Waals surface area (Å²) in [5, 5.41) is 11.1. The van der Waals surface area contributed by atoms with Crippen LogP contribution in [0.25, 0.3) is 0 Å². The summed E-state index contributed by atoms with van der Waals surface area (Å²) in [5.74, 6) is -1.63. The van der Waals surface area contributed by atoms with Crippen LogP contribution >= 0.6 is 0 Å². The van der Waals surface area contributed by atoms with E-state index in [0.717, 1.165) is 0 Å². The van der Waals surface area contributed by atoms with E-state index in [1.54, 1.807) is 0 Å². The SMILES string of the molecule is N[C@@H](CCCCNC(=O)[C@H]1OCCC1=O)C(=O)O. The highest BCUT2D eigenvalue weighted by Gasteiger charge is 2.31. The smallest absolute Gasteiger partial charge is 0.320 e. The number of Topliss-reactive ketones (excluding diaryl/α,β-unsaturated/α-hetero) is 1. The molecule has 7 nitrogen and oxygen atoms in total. The van der Waals surface area contributed by atoms with Crippen LogP contribution < -0.4 is 11.1 Å². The highest BCUT2D eigenvalue weighted by atomic mass is 16.5. The Morgan fingerprint density at radius 3 is 2.78 bits per heavy atom. The number of hydrogen-bond donors (Lipinski definition) is 3. The molecule has 7 heteroatoms. The number of ether oxygens (including phenoxy) is 1. The van der Waals surface area contributed by atoms with Gasteiger partial charge in [0.15, 0.2) is 11.9 Å². The van der Waals surface area contributed by atoms with Crippen LogP contribution in [0, 0.1) is 0 Å². The van der Waals surface area contributed by atoms with Crippen molar-refractivity contribution in [3.8, 4) is 0 Å². The molecule has 1 heterocycles. The van der Waals surface area contributed by atoms with Crippen LogP contribution in [-0.4, -0.2) is 48.1 Å². The lowest BCUT2D eigenvalue weighted by molar-refractivity contribution is -0.139. The zero-order valence-electron chi connectivity index (χ0n) is 10.1. The first-order valence-corrected chi connectivity index (χ1v) is 5.93. The second-order valence-corrected chi connectivity index (χ2v) is 4.20. The minimum atomic E-state index is -1.02. The maximum Gasteiger partial charge on any atom is 0.320 e. The number of carbonyl (C=O) groups is 3. The summed E-state index contributed by atoms with van der Waals surface area (Å²) in [6.45, 7) is 0.683. The minimum absolute atomic E-state index is 0.194. The van der Waals surface area contributed by atoms with Gasteiger partial charge in [0, 0.05) is 13.0 Å². The second-order valence-electron chi connectivity index (χ2n) is 4.20. The van der Waals surface area contributed by atoms with Crippen molar-refractivity contribution in [2.75, 3.05) is 13.2 Å². The molecule has 1 amide bonds. The molecule has 0 aromatic rings. The quantitative estimate of drug-likeness (QED) is 0.400. The molecular weight excluding hydrogens is 240 g/mol. The van der Waals surface area contributed by atoms with E-state index in [4.69, 9.17) is 15.6 Å². The lowest BCUT2D eigenvalue weighted by Crippen LogP contribution is -2.38. The maximum absolute atomic E-state index is 11.5. The molecule has 4 N–H and O–H groups in total. The van der Waals surface area contributed by atoms with Gasteiger partial charge in [-0.05, 0) is 19.3 Å². The summed E-state index contributed by atoms with van der Waals surface area (Å²) in [6.07, 6.45) is 0.905. The first kappa shape index (κ1) is 14.6. The Kier molecular flexibility index (Phi) is 5.73. The van der Waals surface area contributed by atoms with Gasteiger partial charge in [0.1, 0.15) is 6.04 Å². The molecule has 0 aromatic carbocycles. The van der Waals surface area contributed by atoms with Gasteiger partial charge in [-0.15, -0.1) is 0 Å². The molecule has 0 spiro atoms. The third-order valence-electron chi connectivity index (χ3n) is 2.72. The number of nitrogens with one attached hydrogen (secondary N) is 1. The molecule has 1 aliphatic heterocycles. The minimum Gasteiger partial charge on any atom is -0.480 e. The summed E-state index contributed by atoms with van der Waals surface area (Å²) in [5.41, 5.74) is 5.32. The zero-order valence-corrected chi connectivity index (χ0v) is 10.1. The predicted molar refractivity (Wildman–Crippen MR) is 61.8 cm³/mol. The van der Waals surface area contributed by atoms with Gasteiger partial charge in [0.25, 0.3) is 5.91 Å². The Morgan fingerprint density at radius 1 is 1.50 bits per heavy atom. The molecule has 0 radical (unpaired) electrons. The van der Waals surface area contributed by atoms with Crippen LogP contribution in [-0.2, 0) is 19.1 Å². The summed E-state index contributed by atoms with van der Waals surface area (Å²) >= 11 is 0. The summed E-state index contributed by atoms with van der Waals surface area (Å²) in [6, 6.07) is -0.861. The van der Waals surface area contributed by atoms with Gasteiger partial charge >= 0.3 is 5.97 Å². The third-order valence-corrected chi connectivity index (χ3v) is 2.72. The van der Waals surface area contributed by atoms with E-state index in [1.165, 1.54) is 0 Å². The van der Waals surface area contributed by atoms with Crippen molar-refractivity contribution in [1.29, 1.82) is 0 Å². The maximum atomic E-state index is 11.5. The van der Waals surface area contributed by atoms with Crippen molar-refractivity contribution in [3.05, 3.63) is 0 Å². The highest BCUT2D eigenvalue weighted by Crippen LogP contribution is 2.08.